The summed E-state index contributed by atoms with van der Waals surface area (Å²) in [6.45, 7) is 6.21. The number of hydroxylamine groups is 1. The molecule has 0 spiro atoms. The van der Waals surface area contributed by atoms with Crippen LogP contribution in [0.3, 0.4) is 0 Å². The normalized spacial score (nSPS) is 14.5. The van der Waals surface area contributed by atoms with Gasteiger partial charge in [0, 0.05) is 31.7 Å². The molecule has 0 aromatic rings. The van der Waals surface area contributed by atoms with Crippen molar-refractivity contribution in [2.45, 2.75) is 38.7 Å². The largest absolute Gasteiger partial charge is 0.478 e. The van der Waals surface area contributed by atoms with E-state index in [4.69, 9.17) is 9.57 Å². The third-order valence-corrected chi connectivity index (χ3v) is 3.50. The first-order valence-corrected chi connectivity index (χ1v) is 8.61. The molecule has 146 valence electrons. The molecule has 9 heteroatoms. The number of ether oxygens (including phenoxy) is 1. The van der Waals surface area contributed by atoms with Crippen molar-refractivity contribution in [3.63, 3.8) is 0 Å². The lowest BCUT2D eigenvalue weighted by molar-refractivity contribution is -0.137. The summed E-state index contributed by atoms with van der Waals surface area (Å²) in [5.41, 5.74) is 2.43. The highest BCUT2D eigenvalue weighted by atomic mass is 16.7. The summed E-state index contributed by atoms with van der Waals surface area (Å²) in [4.78, 5) is 40.6. The molecule has 1 rings (SSSR count). The Bertz CT molecular complexity index is 517. The Morgan fingerprint density at radius 2 is 1.96 bits per heavy atom. The summed E-state index contributed by atoms with van der Waals surface area (Å²) in [7, 11) is 0. The fraction of sp³-hybridized carbons (Fsp3) is 0.588. The van der Waals surface area contributed by atoms with Gasteiger partial charge in [0.1, 0.15) is 6.61 Å². The van der Waals surface area contributed by atoms with Crippen LogP contribution in [-0.2, 0) is 24.0 Å². The van der Waals surface area contributed by atoms with Gasteiger partial charge in [-0.05, 0) is 26.3 Å². The van der Waals surface area contributed by atoms with Crippen molar-refractivity contribution in [1.82, 2.24) is 15.7 Å². The number of hydrogen-bond donors (Lipinski definition) is 3. The van der Waals surface area contributed by atoms with Gasteiger partial charge in [0.05, 0.1) is 12.7 Å². The number of aliphatic hydroxyl groups excluding tert-OH is 1. The van der Waals surface area contributed by atoms with E-state index in [-0.39, 0.29) is 36.8 Å². The number of unbranched alkanes of at least 4 members (excludes halogenated alkanes) is 2. The van der Waals surface area contributed by atoms with Gasteiger partial charge in [-0.15, -0.1) is 0 Å². The van der Waals surface area contributed by atoms with E-state index >= 15 is 0 Å². The van der Waals surface area contributed by atoms with Crippen LogP contribution in [0.25, 0.3) is 0 Å². The highest BCUT2D eigenvalue weighted by Gasteiger charge is 2.22. The number of carbonyl (C=O) groups is 3. The van der Waals surface area contributed by atoms with E-state index in [1.54, 1.807) is 6.92 Å². The number of amides is 3. The Labute approximate surface area is 153 Å². The van der Waals surface area contributed by atoms with Gasteiger partial charge in [0.25, 0.3) is 11.8 Å². The standard InChI is InChI=1S/C17H27N3O6/c1-3-25-13(2)19-26-12-14(21)11-18-15(22)7-5-4-6-10-20-16(23)8-9-17(20)24/h8-9,14,19,21H,2-7,10-12H2,1H3,(H,18,22). The van der Waals surface area contributed by atoms with Gasteiger partial charge in [-0.25, -0.2) is 5.48 Å². The maximum atomic E-state index is 11.7. The lowest BCUT2D eigenvalue weighted by Gasteiger charge is -2.14. The van der Waals surface area contributed by atoms with Crippen LogP contribution in [0.5, 0.6) is 0 Å². The first-order chi connectivity index (χ1) is 12.4. The molecular weight excluding hydrogens is 342 g/mol. The quantitative estimate of drug-likeness (QED) is 0.170. The fourth-order valence-corrected chi connectivity index (χ4v) is 2.18. The zero-order valence-corrected chi connectivity index (χ0v) is 15.0. The highest BCUT2D eigenvalue weighted by molar-refractivity contribution is 6.12. The molecule has 0 radical (unpaired) electrons. The van der Waals surface area contributed by atoms with Gasteiger partial charge in [-0.2, -0.15) is 0 Å². The van der Waals surface area contributed by atoms with Gasteiger partial charge >= 0.3 is 0 Å². The zero-order valence-electron chi connectivity index (χ0n) is 15.0. The molecule has 0 aliphatic carbocycles. The van der Waals surface area contributed by atoms with Crippen LogP contribution in [0.15, 0.2) is 24.6 Å². The first-order valence-electron chi connectivity index (χ1n) is 8.61. The minimum atomic E-state index is -0.861. The second kappa shape index (κ2) is 12.0. The maximum Gasteiger partial charge on any atom is 0.253 e. The van der Waals surface area contributed by atoms with E-state index in [1.807, 2.05) is 0 Å². The molecule has 1 aliphatic heterocycles. The summed E-state index contributed by atoms with van der Waals surface area (Å²) in [6, 6.07) is 0. The van der Waals surface area contributed by atoms with Crippen molar-refractivity contribution < 1.29 is 29.1 Å². The van der Waals surface area contributed by atoms with Gasteiger partial charge in [0.2, 0.25) is 11.8 Å². The predicted octanol–water partition coefficient (Wildman–Crippen LogP) is -0.0222. The zero-order chi connectivity index (χ0) is 19.4. The molecule has 0 aromatic heterocycles. The summed E-state index contributed by atoms with van der Waals surface area (Å²) in [6.07, 6.45) is 3.98. The van der Waals surface area contributed by atoms with Crippen LogP contribution >= 0.6 is 0 Å². The molecule has 26 heavy (non-hydrogen) atoms. The number of hydrogen-bond acceptors (Lipinski definition) is 7. The third-order valence-electron chi connectivity index (χ3n) is 3.50. The Hall–Kier alpha value is -2.39. The van der Waals surface area contributed by atoms with Crippen LogP contribution in [0.4, 0.5) is 0 Å². The van der Waals surface area contributed by atoms with E-state index in [0.717, 1.165) is 6.42 Å². The van der Waals surface area contributed by atoms with E-state index in [0.29, 0.717) is 32.4 Å². The topological polar surface area (TPSA) is 117 Å². The van der Waals surface area contributed by atoms with Crippen molar-refractivity contribution in [3.8, 4) is 0 Å². The number of rotatable bonds is 14. The molecular formula is C17H27N3O6. The van der Waals surface area contributed by atoms with Gasteiger partial charge in [-0.1, -0.05) is 6.42 Å². The van der Waals surface area contributed by atoms with Crippen LogP contribution in [-0.4, -0.2) is 60.1 Å². The number of nitrogens with one attached hydrogen (secondary N) is 2. The average molecular weight is 369 g/mol. The monoisotopic (exact) mass is 369 g/mol. The Balaban J connectivity index is 2.00. The fourth-order valence-electron chi connectivity index (χ4n) is 2.18. The van der Waals surface area contributed by atoms with Crippen molar-refractivity contribution in [1.29, 1.82) is 0 Å². The summed E-state index contributed by atoms with van der Waals surface area (Å²) >= 11 is 0. The second-order valence-corrected chi connectivity index (χ2v) is 5.70. The lowest BCUT2D eigenvalue weighted by atomic mass is 10.2. The van der Waals surface area contributed by atoms with Crippen molar-refractivity contribution >= 4 is 17.7 Å². The molecule has 9 nitrogen and oxygen atoms in total. The minimum absolute atomic E-state index is 0.0295. The van der Waals surface area contributed by atoms with E-state index in [1.165, 1.54) is 17.1 Å². The maximum absolute atomic E-state index is 11.7. The summed E-state index contributed by atoms with van der Waals surface area (Å²) in [5.74, 6) is -0.505. The summed E-state index contributed by atoms with van der Waals surface area (Å²) in [5, 5.41) is 12.3. The molecule has 0 aromatic carbocycles. The van der Waals surface area contributed by atoms with Crippen LogP contribution in [0.1, 0.15) is 32.6 Å². The van der Waals surface area contributed by atoms with Crippen molar-refractivity contribution in [2.75, 3.05) is 26.3 Å². The molecule has 0 saturated carbocycles. The highest BCUT2D eigenvalue weighted by Crippen LogP contribution is 2.07. The SMILES string of the molecule is C=C(NOCC(O)CNC(=O)CCCCCN1C(=O)C=CC1=O)OCC. The third kappa shape index (κ3) is 8.63. The van der Waals surface area contributed by atoms with Gasteiger partial charge in [0.15, 0.2) is 0 Å². The molecule has 0 fully saturated rings. The smallest absolute Gasteiger partial charge is 0.253 e. The molecule has 1 atom stereocenters. The molecule has 1 aliphatic rings. The summed E-state index contributed by atoms with van der Waals surface area (Å²) < 4.78 is 5.00. The number of imide groups is 1. The molecule has 3 N–H and O–H groups in total. The Kier molecular flexibility index (Phi) is 10.0. The van der Waals surface area contributed by atoms with Crippen molar-refractivity contribution in [2.24, 2.45) is 0 Å². The molecule has 1 unspecified atom stereocenters. The van der Waals surface area contributed by atoms with Gasteiger partial charge in [-0.3, -0.25) is 24.1 Å². The number of aliphatic hydroxyl groups is 1. The molecule has 3 amide bonds. The number of carbonyl (C=O) groups excluding carboxylic acids is 3. The lowest BCUT2D eigenvalue weighted by Crippen LogP contribution is -2.35. The van der Waals surface area contributed by atoms with Crippen molar-refractivity contribution in [3.05, 3.63) is 24.6 Å². The molecule has 0 saturated heterocycles. The van der Waals surface area contributed by atoms with E-state index in [9.17, 15) is 19.5 Å². The number of nitrogens with zero attached hydrogens (tertiary/aromatic N) is 1. The Morgan fingerprint density at radius 1 is 1.27 bits per heavy atom. The van der Waals surface area contributed by atoms with Crippen LogP contribution in [0.2, 0.25) is 0 Å². The molecule has 1 heterocycles. The average Bonchev–Trinajstić information content (AvgIpc) is 2.91. The Morgan fingerprint density at radius 3 is 2.62 bits per heavy atom. The van der Waals surface area contributed by atoms with E-state index in [2.05, 4.69) is 17.4 Å². The van der Waals surface area contributed by atoms with Crippen LogP contribution in [0, 0.1) is 0 Å². The molecule has 0 bridgehead atoms. The van der Waals surface area contributed by atoms with Gasteiger partial charge < -0.3 is 15.2 Å². The van der Waals surface area contributed by atoms with E-state index < -0.39 is 6.10 Å². The van der Waals surface area contributed by atoms with Crippen LogP contribution < -0.4 is 10.8 Å². The predicted molar refractivity (Wildman–Crippen MR) is 93.2 cm³/mol. The second-order valence-electron chi connectivity index (χ2n) is 5.70. The first kappa shape index (κ1) is 21.7. The minimum Gasteiger partial charge on any atom is -0.478 e.